The van der Waals surface area contributed by atoms with Crippen molar-refractivity contribution in [3.05, 3.63) is 64.6 Å². The maximum atomic E-state index is 12.5. The maximum Gasteiger partial charge on any atom is 0.276 e. The van der Waals surface area contributed by atoms with Crippen molar-refractivity contribution in [1.82, 2.24) is 20.5 Å². The minimum Gasteiger partial charge on any atom is -0.439 e. The topological polar surface area (TPSA) is 91.9 Å². The van der Waals surface area contributed by atoms with E-state index in [0.717, 1.165) is 41.1 Å². The third kappa shape index (κ3) is 3.54. The molecule has 27 heavy (non-hydrogen) atoms. The molecule has 1 aromatic carbocycles. The first kappa shape index (κ1) is 17.2. The van der Waals surface area contributed by atoms with Gasteiger partial charge in [-0.15, -0.1) is 0 Å². The Balaban J connectivity index is 1.45. The van der Waals surface area contributed by atoms with Crippen LogP contribution < -0.4 is 15.4 Å². The summed E-state index contributed by atoms with van der Waals surface area (Å²) in [6, 6.07) is 9.40. The summed E-state index contributed by atoms with van der Waals surface area (Å²) in [4.78, 5) is 16.8. The molecule has 3 aromatic rings. The second kappa shape index (κ2) is 7.20. The average molecular weight is 363 g/mol. The van der Waals surface area contributed by atoms with E-state index in [1.54, 1.807) is 18.3 Å². The standard InChI is InChI=1S/C20H21N5O2/c1-12-4-3-5-17(13(12)2)27-18-7-6-14(10-22-18)23-20(26)19-15-11-21-9-8-16(15)24-25-19/h3-7,10,21H,8-9,11H2,1-2H3,(H,23,26)(H,24,25). The minimum atomic E-state index is -0.249. The van der Waals surface area contributed by atoms with Crippen LogP contribution in [0, 0.1) is 13.8 Å². The lowest BCUT2D eigenvalue weighted by Crippen LogP contribution is -2.25. The molecule has 1 aliphatic heterocycles. The van der Waals surface area contributed by atoms with Crippen molar-refractivity contribution in [2.45, 2.75) is 26.8 Å². The summed E-state index contributed by atoms with van der Waals surface area (Å²) in [5.74, 6) is 0.999. The first-order valence-electron chi connectivity index (χ1n) is 8.90. The Morgan fingerprint density at radius 1 is 1.22 bits per heavy atom. The van der Waals surface area contributed by atoms with Gasteiger partial charge in [-0.1, -0.05) is 12.1 Å². The Morgan fingerprint density at radius 3 is 2.93 bits per heavy atom. The van der Waals surface area contributed by atoms with Gasteiger partial charge < -0.3 is 15.4 Å². The predicted molar refractivity (Wildman–Crippen MR) is 102 cm³/mol. The largest absolute Gasteiger partial charge is 0.439 e. The van der Waals surface area contributed by atoms with Crippen LogP contribution in [0.1, 0.15) is 32.9 Å². The summed E-state index contributed by atoms with van der Waals surface area (Å²) in [6.07, 6.45) is 2.43. The van der Waals surface area contributed by atoms with Crippen LogP contribution in [0.4, 0.5) is 5.69 Å². The van der Waals surface area contributed by atoms with E-state index in [1.807, 2.05) is 32.0 Å². The predicted octanol–water partition coefficient (Wildman–Crippen LogP) is 3.11. The van der Waals surface area contributed by atoms with E-state index < -0.39 is 0 Å². The van der Waals surface area contributed by atoms with Crippen LogP contribution in [0.5, 0.6) is 11.6 Å². The number of amides is 1. The zero-order valence-electron chi connectivity index (χ0n) is 15.3. The van der Waals surface area contributed by atoms with Crippen LogP contribution in [0.25, 0.3) is 0 Å². The van der Waals surface area contributed by atoms with E-state index in [2.05, 4.69) is 25.8 Å². The summed E-state index contributed by atoms with van der Waals surface area (Å²) in [5, 5.41) is 13.2. The van der Waals surface area contributed by atoms with Gasteiger partial charge in [0.05, 0.1) is 11.9 Å². The molecular weight excluding hydrogens is 342 g/mol. The van der Waals surface area contributed by atoms with Gasteiger partial charge in [0.15, 0.2) is 5.69 Å². The molecular formula is C20H21N5O2. The molecule has 0 fully saturated rings. The number of aryl methyl sites for hydroxylation is 1. The molecule has 0 spiro atoms. The number of benzene rings is 1. The fourth-order valence-corrected chi connectivity index (χ4v) is 3.07. The Labute approximate surface area is 157 Å². The first-order chi connectivity index (χ1) is 13.1. The van der Waals surface area contributed by atoms with Crippen LogP contribution in [0.3, 0.4) is 0 Å². The molecule has 0 radical (unpaired) electrons. The number of aromatic nitrogens is 3. The molecule has 0 unspecified atom stereocenters. The quantitative estimate of drug-likeness (QED) is 0.662. The van der Waals surface area contributed by atoms with Crippen molar-refractivity contribution in [3.63, 3.8) is 0 Å². The van der Waals surface area contributed by atoms with Crippen LogP contribution in [0.2, 0.25) is 0 Å². The van der Waals surface area contributed by atoms with Gasteiger partial charge in [-0.25, -0.2) is 4.98 Å². The van der Waals surface area contributed by atoms with Crippen molar-refractivity contribution in [2.24, 2.45) is 0 Å². The first-order valence-corrected chi connectivity index (χ1v) is 8.90. The molecule has 4 rings (SSSR count). The highest BCUT2D eigenvalue weighted by Crippen LogP contribution is 2.26. The number of fused-ring (bicyclic) bond motifs is 1. The summed E-state index contributed by atoms with van der Waals surface area (Å²) >= 11 is 0. The van der Waals surface area contributed by atoms with Gasteiger partial charge in [0.25, 0.3) is 5.91 Å². The maximum absolute atomic E-state index is 12.5. The Morgan fingerprint density at radius 2 is 2.11 bits per heavy atom. The SMILES string of the molecule is Cc1cccc(Oc2ccc(NC(=O)c3n[nH]c4c3CNCC4)cn2)c1C. The Hall–Kier alpha value is -3.19. The third-order valence-corrected chi connectivity index (χ3v) is 4.79. The summed E-state index contributed by atoms with van der Waals surface area (Å²) < 4.78 is 5.85. The number of rotatable bonds is 4. The molecule has 7 nitrogen and oxygen atoms in total. The highest BCUT2D eigenvalue weighted by Gasteiger charge is 2.21. The summed E-state index contributed by atoms with van der Waals surface area (Å²) in [6.45, 7) is 5.59. The van der Waals surface area contributed by atoms with E-state index in [1.165, 1.54) is 0 Å². The smallest absolute Gasteiger partial charge is 0.276 e. The fraction of sp³-hybridized carbons (Fsp3) is 0.250. The van der Waals surface area contributed by atoms with Gasteiger partial charge in [0, 0.05) is 36.8 Å². The lowest BCUT2D eigenvalue weighted by Gasteiger charge is -2.13. The van der Waals surface area contributed by atoms with Gasteiger partial charge >= 0.3 is 0 Å². The fourth-order valence-electron chi connectivity index (χ4n) is 3.07. The van der Waals surface area contributed by atoms with E-state index in [0.29, 0.717) is 23.8 Å². The van der Waals surface area contributed by atoms with Crippen LogP contribution >= 0.6 is 0 Å². The molecule has 0 bridgehead atoms. The number of ether oxygens (including phenoxy) is 1. The van der Waals surface area contributed by atoms with Gasteiger partial charge in [-0.3, -0.25) is 9.89 Å². The highest BCUT2D eigenvalue weighted by molar-refractivity contribution is 6.04. The number of nitrogens with zero attached hydrogens (tertiary/aromatic N) is 2. The zero-order chi connectivity index (χ0) is 18.8. The van der Waals surface area contributed by atoms with Crippen molar-refractivity contribution in [2.75, 3.05) is 11.9 Å². The van der Waals surface area contributed by atoms with Crippen molar-refractivity contribution < 1.29 is 9.53 Å². The third-order valence-electron chi connectivity index (χ3n) is 4.79. The lowest BCUT2D eigenvalue weighted by molar-refractivity contribution is 0.102. The second-order valence-corrected chi connectivity index (χ2v) is 6.60. The molecule has 3 N–H and O–H groups in total. The van der Waals surface area contributed by atoms with Crippen LogP contribution in [-0.4, -0.2) is 27.6 Å². The number of H-pyrrole nitrogens is 1. The average Bonchev–Trinajstić information content (AvgIpc) is 3.11. The number of carbonyl (C=O) groups excluding carboxylic acids is 1. The number of hydrogen-bond acceptors (Lipinski definition) is 5. The van der Waals surface area contributed by atoms with E-state index in [4.69, 9.17) is 4.74 Å². The molecule has 1 aliphatic rings. The molecule has 0 aliphatic carbocycles. The Kier molecular flexibility index (Phi) is 4.60. The van der Waals surface area contributed by atoms with E-state index in [-0.39, 0.29) is 5.91 Å². The van der Waals surface area contributed by atoms with Gasteiger partial charge in [0.2, 0.25) is 5.88 Å². The number of pyridine rings is 1. The van der Waals surface area contributed by atoms with Crippen molar-refractivity contribution in [1.29, 1.82) is 0 Å². The van der Waals surface area contributed by atoms with Gasteiger partial charge in [0.1, 0.15) is 5.75 Å². The zero-order valence-corrected chi connectivity index (χ0v) is 15.3. The molecule has 138 valence electrons. The van der Waals surface area contributed by atoms with Gasteiger partial charge in [-0.05, 0) is 37.1 Å². The minimum absolute atomic E-state index is 0.249. The van der Waals surface area contributed by atoms with E-state index in [9.17, 15) is 4.79 Å². The highest BCUT2D eigenvalue weighted by atomic mass is 16.5. The molecule has 7 heteroatoms. The van der Waals surface area contributed by atoms with Crippen LogP contribution in [0.15, 0.2) is 36.5 Å². The van der Waals surface area contributed by atoms with Crippen molar-refractivity contribution in [3.8, 4) is 11.6 Å². The number of carbonyl (C=O) groups is 1. The molecule has 1 amide bonds. The van der Waals surface area contributed by atoms with Crippen molar-refractivity contribution >= 4 is 11.6 Å². The monoisotopic (exact) mass is 363 g/mol. The molecule has 3 heterocycles. The number of nitrogens with one attached hydrogen (secondary N) is 3. The molecule has 0 saturated heterocycles. The summed E-state index contributed by atoms with van der Waals surface area (Å²) in [7, 11) is 0. The number of hydrogen-bond donors (Lipinski definition) is 3. The molecule has 0 saturated carbocycles. The number of anilines is 1. The number of aromatic amines is 1. The lowest BCUT2D eigenvalue weighted by atomic mass is 10.1. The van der Waals surface area contributed by atoms with Gasteiger partial charge in [-0.2, -0.15) is 5.10 Å². The molecule has 0 atom stereocenters. The summed E-state index contributed by atoms with van der Waals surface area (Å²) in [5.41, 5.74) is 5.21. The van der Waals surface area contributed by atoms with E-state index >= 15 is 0 Å². The second-order valence-electron chi connectivity index (χ2n) is 6.60. The molecule has 2 aromatic heterocycles. The Bertz CT molecular complexity index is 979. The van der Waals surface area contributed by atoms with Crippen LogP contribution in [-0.2, 0) is 13.0 Å². The normalized spacial score (nSPS) is 13.1.